The molecule has 0 saturated heterocycles. The minimum atomic E-state index is -0.691. The van der Waals surface area contributed by atoms with Gasteiger partial charge in [-0.1, -0.05) is 19.3 Å². The molecule has 100 valence electrons. The van der Waals surface area contributed by atoms with Gasteiger partial charge in [-0.05, 0) is 19.8 Å². The largest absolute Gasteiger partial charge is 0.465 e. The average molecular weight is 252 g/mol. The molecular formula is C12H20N4O2. The highest BCUT2D eigenvalue weighted by Gasteiger charge is 2.46. The Morgan fingerprint density at radius 1 is 1.44 bits per heavy atom. The van der Waals surface area contributed by atoms with Gasteiger partial charge in [-0.15, -0.1) is 0 Å². The third-order valence-corrected chi connectivity index (χ3v) is 3.60. The van der Waals surface area contributed by atoms with Gasteiger partial charge < -0.3 is 10.5 Å². The monoisotopic (exact) mass is 252 g/mol. The summed E-state index contributed by atoms with van der Waals surface area (Å²) < 4.78 is 6.72. The number of nitrogens with two attached hydrogens (primary N) is 1. The first kappa shape index (κ1) is 12.9. The number of anilines is 1. The molecular weight excluding hydrogens is 232 g/mol. The second-order valence-corrected chi connectivity index (χ2v) is 4.78. The topological polar surface area (TPSA) is 83.0 Å². The summed E-state index contributed by atoms with van der Waals surface area (Å²) in [5, 5.41) is 4.29. The van der Waals surface area contributed by atoms with E-state index in [4.69, 9.17) is 10.5 Å². The fourth-order valence-corrected chi connectivity index (χ4v) is 2.54. The lowest BCUT2D eigenvalue weighted by Gasteiger charge is -2.32. The van der Waals surface area contributed by atoms with Crippen LogP contribution >= 0.6 is 0 Å². The van der Waals surface area contributed by atoms with Gasteiger partial charge >= 0.3 is 5.97 Å². The van der Waals surface area contributed by atoms with E-state index in [0.717, 1.165) is 32.1 Å². The van der Waals surface area contributed by atoms with Crippen molar-refractivity contribution in [1.29, 1.82) is 0 Å². The minimum Gasteiger partial charge on any atom is -0.465 e. The van der Waals surface area contributed by atoms with E-state index in [9.17, 15) is 4.79 Å². The van der Waals surface area contributed by atoms with Crippen molar-refractivity contribution in [2.75, 3.05) is 12.3 Å². The molecule has 6 heteroatoms. The molecule has 0 unspecified atom stereocenters. The van der Waals surface area contributed by atoms with Crippen LogP contribution in [0.4, 0.5) is 5.95 Å². The number of ether oxygens (including phenoxy) is 1. The first-order chi connectivity index (χ1) is 8.60. The molecule has 1 saturated carbocycles. The van der Waals surface area contributed by atoms with Gasteiger partial charge in [-0.2, -0.15) is 10.1 Å². The lowest BCUT2D eigenvalue weighted by Crippen LogP contribution is -2.40. The molecule has 0 bridgehead atoms. The van der Waals surface area contributed by atoms with Crippen LogP contribution in [0.15, 0.2) is 0 Å². The first-order valence-electron chi connectivity index (χ1n) is 6.44. The van der Waals surface area contributed by atoms with Gasteiger partial charge in [0.1, 0.15) is 5.41 Å². The lowest BCUT2D eigenvalue weighted by atomic mass is 9.73. The Kier molecular flexibility index (Phi) is 3.54. The highest BCUT2D eigenvalue weighted by Crippen LogP contribution is 2.39. The highest BCUT2D eigenvalue weighted by molar-refractivity contribution is 5.82. The van der Waals surface area contributed by atoms with Gasteiger partial charge in [-0.3, -0.25) is 4.79 Å². The van der Waals surface area contributed by atoms with Gasteiger partial charge in [0.25, 0.3) is 0 Å². The fourth-order valence-electron chi connectivity index (χ4n) is 2.54. The molecule has 1 heterocycles. The summed E-state index contributed by atoms with van der Waals surface area (Å²) in [6.07, 6.45) is 4.63. The van der Waals surface area contributed by atoms with Crippen LogP contribution in [0.25, 0.3) is 0 Å². The normalized spacial score (nSPS) is 18.6. The number of hydrogen-bond donors (Lipinski definition) is 1. The quantitative estimate of drug-likeness (QED) is 0.816. The standard InChI is InChI=1S/C12H20N4O2/c1-3-18-10(17)12(7-5-4-6-8-12)9-14-11(13)16(2)15-9/h3-8H2,1-2H3,(H2,13,14,15). The summed E-state index contributed by atoms with van der Waals surface area (Å²) in [6.45, 7) is 2.19. The number of nitrogen functional groups attached to an aromatic ring is 1. The smallest absolute Gasteiger partial charge is 0.319 e. The maximum Gasteiger partial charge on any atom is 0.319 e. The fraction of sp³-hybridized carbons (Fsp3) is 0.750. The van der Waals surface area contributed by atoms with Gasteiger partial charge in [0.15, 0.2) is 5.82 Å². The SMILES string of the molecule is CCOC(=O)C1(c2nc(N)n(C)n2)CCCCC1. The van der Waals surface area contributed by atoms with E-state index in [-0.39, 0.29) is 5.97 Å². The Balaban J connectivity index is 2.37. The molecule has 0 spiro atoms. The van der Waals surface area contributed by atoms with Crippen molar-refractivity contribution in [3.05, 3.63) is 5.82 Å². The van der Waals surface area contributed by atoms with Crippen LogP contribution in [0.2, 0.25) is 0 Å². The van der Waals surface area contributed by atoms with Crippen molar-refractivity contribution in [1.82, 2.24) is 14.8 Å². The molecule has 0 amide bonds. The Morgan fingerprint density at radius 2 is 2.11 bits per heavy atom. The van der Waals surface area contributed by atoms with Crippen molar-refractivity contribution >= 4 is 11.9 Å². The molecule has 0 radical (unpaired) electrons. The van der Waals surface area contributed by atoms with E-state index in [1.807, 2.05) is 6.92 Å². The van der Waals surface area contributed by atoms with Crippen molar-refractivity contribution < 1.29 is 9.53 Å². The molecule has 2 N–H and O–H groups in total. The van der Waals surface area contributed by atoms with Gasteiger partial charge in [-0.25, -0.2) is 4.68 Å². The number of rotatable bonds is 3. The highest BCUT2D eigenvalue weighted by atomic mass is 16.5. The lowest BCUT2D eigenvalue weighted by molar-refractivity contribution is -0.152. The predicted molar refractivity (Wildman–Crippen MR) is 66.8 cm³/mol. The van der Waals surface area contributed by atoms with E-state index >= 15 is 0 Å². The Hall–Kier alpha value is -1.59. The number of carbonyl (C=O) groups is 1. The average Bonchev–Trinajstić information content (AvgIpc) is 2.71. The minimum absolute atomic E-state index is 0.213. The number of esters is 1. The second kappa shape index (κ2) is 4.96. The van der Waals surface area contributed by atoms with Gasteiger partial charge in [0, 0.05) is 7.05 Å². The summed E-state index contributed by atoms with van der Waals surface area (Å²) in [4.78, 5) is 16.5. The van der Waals surface area contributed by atoms with Crippen molar-refractivity contribution in [3.8, 4) is 0 Å². The number of aromatic nitrogens is 3. The number of hydrogen-bond acceptors (Lipinski definition) is 5. The van der Waals surface area contributed by atoms with Crippen LogP contribution in [0.5, 0.6) is 0 Å². The van der Waals surface area contributed by atoms with E-state index in [1.54, 1.807) is 7.05 Å². The molecule has 0 aliphatic heterocycles. The molecule has 1 aliphatic carbocycles. The Bertz CT molecular complexity index is 416. The van der Waals surface area contributed by atoms with Crippen molar-refractivity contribution in [2.24, 2.45) is 7.05 Å². The molecule has 0 aromatic carbocycles. The van der Waals surface area contributed by atoms with E-state index in [1.165, 1.54) is 4.68 Å². The maximum atomic E-state index is 12.3. The zero-order chi connectivity index (χ0) is 13.2. The third kappa shape index (κ3) is 2.07. The predicted octanol–water partition coefficient (Wildman–Crippen LogP) is 1.16. The number of aryl methyl sites for hydroxylation is 1. The molecule has 0 atom stereocenters. The maximum absolute atomic E-state index is 12.3. The summed E-state index contributed by atoms with van der Waals surface area (Å²) in [7, 11) is 1.73. The summed E-state index contributed by atoms with van der Waals surface area (Å²) in [6, 6.07) is 0. The van der Waals surface area contributed by atoms with Crippen molar-refractivity contribution in [2.45, 2.75) is 44.4 Å². The molecule has 1 aromatic heterocycles. The van der Waals surface area contributed by atoms with Crippen molar-refractivity contribution in [3.63, 3.8) is 0 Å². The Morgan fingerprint density at radius 3 is 2.61 bits per heavy atom. The Labute approximate surface area is 107 Å². The zero-order valence-corrected chi connectivity index (χ0v) is 11.0. The molecule has 1 aromatic rings. The zero-order valence-electron chi connectivity index (χ0n) is 11.0. The van der Waals surface area contributed by atoms with Crippen LogP contribution in [0.3, 0.4) is 0 Å². The first-order valence-corrected chi connectivity index (χ1v) is 6.44. The van der Waals surface area contributed by atoms with Gasteiger partial charge in [0.2, 0.25) is 5.95 Å². The number of carbonyl (C=O) groups excluding carboxylic acids is 1. The van der Waals surface area contributed by atoms with Crippen LogP contribution in [-0.2, 0) is 22.0 Å². The van der Waals surface area contributed by atoms with Crippen LogP contribution in [0, 0.1) is 0 Å². The van der Waals surface area contributed by atoms with Crippen LogP contribution in [-0.4, -0.2) is 27.3 Å². The molecule has 1 aliphatic rings. The van der Waals surface area contributed by atoms with Crippen LogP contribution < -0.4 is 5.73 Å². The van der Waals surface area contributed by atoms with E-state index < -0.39 is 5.41 Å². The molecule has 18 heavy (non-hydrogen) atoms. The summed E-state index contributed by atoms with van der Waals surface area (Å²) in [5.74, 6) is 0.634. The number of nitrogens with zero attached hydrogens (tertiary/aromatic N) is 3. The summed E-state index contributed by atoms with van der Waals surface area (Å²) >= 11 is 0. The van der Waals surface area contributed by atoms with Crippen LogP contribution in [0.1, 0.15) is 44.9 Å². The van der Waals surface area contributed by atoms with E-state index in [0.29, 0.717) is 18.4 Å². The molecule has 2 rings (SSSR count). The summed E-state index contributed by atoms with van der Waals surface area (Å²) in [5.41, 5.74) is 5.03. The second-order valence-electron chi connectivity index (χ2n) is 4.78. The molecule has 1 fully saturated rings. The third-order valence-electron chi connectivity index (χ3n) is 3.60. The van der Waals surface area contributed by atoms with Gasteiger partial charge in [0.05, 0.1) is 6.61 Å². The molecule has 6 nitrogen and oxygen atoms in total. The van der Waals surface area contributed by atoms with E-state index in [2.05, 4.69) is 10.1 Å².